The van der Waals surface area contributed by atoms with E-state index >= 15 is 0 Å². The lowest BCUT2D eigenvalue weighted by molar-refractivity contribution is -0.137. The summed E-state index contributed by atoms with van der Waals surface area (Å²) in [7, 11) is 0. The number of hydrogen-bond donors (Lipinski definition) is 2. The second-order valence-corrected chi connectivity index (χ2v) is 5.42. The van der Waals surface area contributed by atoms with Gasteiger partial charge in [-0.25, -0.2) is 0 Å². The van der Waals surface area contributed by atoms with Gasteiger partial charge in [0.25, 0.3) is 5.89 Å². The summed E-state index contributed by atoms with van der Waals surface area (Å²) >= 11 is 2.88. The van der Waals surface area contributed by atoms with Gasteiger partial charge in [0, 0.05) is 5.75 Å². The van der Waals surface area contributed by atoms with Crippen LogP contribution in [0.4, 0.5) is 0 Å². The lowest BCUT2D eigenvalue weighted by atomic mass is 10.4. The summed E-state index contributed by atoms with van der Waals surface area (Å²) < 4.78 is 5.45. The standard InChI is InChI=1S/C10H11N3O3S2/c11-6(10(14)15)4-17-5-8-12-13-9(16-8)7-2-1-3-18-7/h1-3,6H,4-5,11H2,(H,14,15)/t6-/m0/s1. The molecule has 3 N–H and O–H groups in total. The van der Waals surface area contributed by atoms with Gasteiger partial charge in [-0.15, -0.1) is 33.3 Å². The molecule has 96 valence electrons. The minimum atomic E-state index is -1.01. The number of thiophene rings is 1. The van der Waals surface area contributed by atoms with Gasteiger partial charge < -0.3 is 15.3 Å². The lowest BCUT2D eigenvalue weighted by Gasteiger charge is -2.03. The highest BCUT2D eigenvalue weighted by atomic mass is 32.2. The Bertz CT molecular complexity index is 512. The molecule has 8 heteroatoms. The van der Waals surface area contributed by atoms with Gasteiger partial charge >= 0.3 is 5.97 Å². The second kappa shape index (κ2) is 5.98. The summed E-state index contributed by atoms with van der Waals surface area (Å²) in [5, 5.41) is 18.4. The van der Waals surface area contributed by atoms with Crippen molar-refractivity contribution in [2.75, 3.05) is 5.75 Å². The number of carboxylic acid groups (broad SMARTS) is 1. The zero-order valence-corrected chi connectivity index (χ0v) is 10.9. The SMILES string of the molecule is N[C@@H](CSCc1nnc(-c2cccs2)o1)C(=O)O. The molecule has 2 heterocycles. The third-order valence-corrected chi connectivity index (χ3v) is 3.94. The Morgan fingerprint density at radius 2 is 2.44 bits per heavy atom. The number of hydrogen-bond acceptors (Lipinski definition) is 7. The molecular formula is C10H11N3O3S2. The molecule has 0 aliphatic heterocycles. The van der Waals surface area contributed by atoms with Crippen LogP contribution < -0.4 is 5.73 Å². The molecule has 0 spiro atoms. The number of nitrogens with zero attached hydrogens (tertiary/aromatic N) is 2. The van der Waals surface area contributed by atoms with Crippen molar-refractivity contribution in [1.82, 2.24) is 10.2 Å². The molecule has 0 aromatic carbocycles. The van der Waals surface area contributed by atoms with E-state index in [1.54, 1.807) is 0 Å². The molecule has 2 aromatic heterocycles. The molecule has 0 saturated carbocycles. The largest absolute Gasteiger partial charge is 0.480 e. The van der Waals surface area contributed by atoms with Crippen LogP contribution >= 0.6 is 23.1 Å². The fourth-order valence-corrected chi connectivity index (χ4v) is 2.61. The average Bonchev–Trinajstić information content (AvgIpc) is 2.98. The van der Waals surface area contributed by atoms with Crippen LogP contribution in [-0.4, -0.2) is 33.1 Å². The average molecular weight is 285 g/mol. The van der Waals surface area contributed by atoms with E-state index in [2.05, 4.69) is 10.2 Å². The fourth-order valence-electron chi connectivity index (χ4n) is 1.16. The zero-order valence-electron chi connectivity index (χ0n) is 9.28. The van der Waals surface area contributed by atoms with E-state index in [0.29, 0.717) is 23.3 Å². The molecule has 0 aliphatic carbocycles. The van der Waals surface area contributed by atoms with E-state index < -0.39 is 12.0 Å². The normalized spacial score (nSPS) is 12.5. The van der Waals surface area contributed by atoms with Crippen LogP contribution in [-0.2, 0) is 10.5 Å². The molecule has 0 unspecified atom stereocenters. The van der Waals surface area contributed by atoms with Gasteiger partial charge in [0.05, 0.1) is 10.6 Å². The smallest absolute Gasteiger partial charge is 0.321 e. The minimum Gasteiger partial charge on any atom is -0.480 e. The molecule has 6 nitrogen and oxygen atoms in total. The van der Waals surface area contributed by atoms with Crippen molar-refractivity contribution < 1.29 is 14.3 Å². The maximum Gasteiger partial charge on any atom is 0.321 e. The monoisotopic (exact) mass is 285 g/mol. The van der Waals surface area contributed by atoms with Crippen molar-refractivity contribution in [3.63, 3.8) is 0 Å². The molecule has 0 bridgehead atoms. The number of carboxylic acids is 1. The number of thioether (sulfide) groups is 1. The molecule has 2 rings (SSSR count). The maximum atomic E-state index is 10.5. The second-order valence-electron chi connectivity index (χ2n) is 3.44. The number of rotatable bonds is 6. The first-order chi connectivity index (χ1) is 8.66. The van der Waals surface area contributed by atoms with Gasteiger partial charge in [0.2, 0.25) is 5.89 Å². The first-order valence-electron chi connectivity index (χ1n) is 5.09. The fraction of sp³-hybridized carbons (Fsp3) is 0.300. The minimum absolute atomic E-state index is 0.312. The van der Waals surface area contributed by atoms with Crippen LogP contribution in [0.2, 0.25) is 0 Å². The van der Waals surface area contributed by atoms with Gasteiger partial charge in [0.1, 0.15) is 6.04 Å². The van der Waals surface area contributed by atoms with Gasteiger partial charge in [-0.1, -0.05) is 6.07 Å². The van der Waals surface area contributed by atoms with Crippen LogP contribution in [0.5, 0.6) is 0 Å². The molecule has 0 radical (unpaired) electrons. The molecular weight excluding hydrogens is 274 g/mol. The molecule has 0 aliphatic rings. The van der Waals surface area contributed by atoms with Crippen molar-refractivity contribution in [3.05, 3.63) is 23.4 Å². The van der Waals surface area contributed by atoms with Crippen LogP contribution in [0, 0.1) is 0 Å². The summed E-state index contributed by atoms with van der Waals surface area (Å²) in [6.45, 7) is 0. The van der Waals surface area contributed by atoms with Crippen molar-refractivity contribution in [1.29, 1.82) is 0 Å². The van der Waals surface area contributed by atoms with E-state index in [1.165, 1.54) is 23.1 Å². The highest BCUT2D eigenvalue weighted by Gasteiger charge is 2.13. The van der Waals surface area contributed by atoms with E-state index in [4.69, 9.17) is 15.3 Å². The Morgan fingerprint density at radius 3 is 3.11 bits per heavy atom. The number of aromatic nitrogens is 2. The molecule has 1 atom stereocenters. The Labute approximate surface area is 111 Å². The lowest BCUT2D eigenvalue weighted by Crippen LogP contribution is -2.32. The topological polar surface area (TPSA) is 102 Å². The summed E-state index contributed by atoms with van der Waals surface area (Å²) in [6, 6.07) is 2.94. The number of nitrogens with two attached hydrogens (primary N) is 1. The van der Waals surface area contributed by atoms with Gasteiger partial charge in [-0.2, -0.15) is 0 Å². The summed E-state index contributed by atoms with van der Waals surface area (Å²) in [5.41, 5.74) is 5.38. The molecule has 18 heavy (non-hydrogen) atoms. The van der Waals surface area contributed by atoms with E-state index in [0.717, 1.165) is 4.88 Å². The zero-order chi connectivity index (χ0) is 13.0. The summed E-state index contributed by atoms with van der Waals surface area (Å²) in [5.74, 6) is 0.724. The van der Waals surface area contributed by atoms with Crippen molar-refractivity contribution in [3.8, 4) is 10.8 Å². The molecule has 0 amide bonds. The summed E-state index contributed by atoms with van der Waals surface area (Å²) in [4.78, 5) is 11.4. The molecule has 0 fully saturated rings. The van der Waals surface area contributed by atoms with Crippen molar-refractivity contribution in [2.24, 2.45) is 5.73 Å². The molecule has 0 saturated heterocycles. The van der Waals surface area contributed by atoms with E-state index in [1.807, 2.05) is 17.5 Å². The third-order valence-electron chi connectivity index (χ3n) is 2.04. The van der Waals surface area contributed by atoms with Crippen molar-refractivity contribution in [2.45, 2.75) is 11.8 Å². The Morgan fingerprint density at radius 1 is 1.61 bits per heavy atom. The van der Waals surface area contributed by atoms with Crippen LogP contribution in [0.15, 0.2) is 21.9 Å². The van der Waals surface area contributed by atoms with Gasteiger partial charge in [-0.05, 0) is 11.4 Å². The van der Waals surface area contributed by atoms with Crippen LogP contribution in [0.25, 0.3) is 10.8 Å². The predicted molar refractivity (Wildman–Crippen MR) is 69.4 cm³/mol. The molecule has 2 aromatic rings. The van der Waals surface area contributed by atoms with Crippen LogP contribution in [0.3, 0.4) is 0 Å². The van der Waals surface area contributed by atoms with Gasteiger partial charge in [0.15, 0.2) is 0 Å². The first-order valence-corrected chi connectivity index (χ1v) is 7.12. The van der Waals surface area contributed by atoms with Crippen LogP contribution in [0.1, 0.15) is 5.89 Å². The number of aliphatic carboxylic acids is 1. The quantitative estimate of drug-likeness (QED) is 0.827. The van der Waals surface area contributed by atoms with E-state index in [9.17, 15) is 4.79 Å². The predicted octanol–water partition coefficient (Wildman–Crippen LogP) is 1.44. The maximum absolute atomic E-state index is 10.5. The summed E-state index contributed by atoms with van der Waals surface area (Å²) in [6.07, 6.45) is 0. The van der Waals surface area contributed by atoms with E-state index in [-0.39, 0.29) is 0 Å². The third kappa shape index (κ3) is 3.31. The van der Waals surface area contributed by atoms with Gasteiger partial charge in [-0.3, -0.25) is 4.79 Å². The number of carbonyl (C=O) groups is 1. The Kier molecular flexibility index (Phi) is 4.34. The Hall–Kier alpha value is -1.38. The highest BCUT2D eigenvalue weighted by molar-refractivity contribution is 7.98. The Balaban J connectivity index is 1.86. The highest BCUT2D eigenvalue weighted by Crippen LogP contribution is 2.24. The first kappa shape index (κ1) is 13.1. The van der Waals surface area contributed by atoms with Crippen molar-refractivity contribution >= 4 is 29.1 Å².